The summed E-state index contributed by atoms with van der Waals surface area (Å²) in [4.78, 5) is 2.30. The van der Waals surface area contributed by atoms with Gasteiger partial charge in [-0.15, -0.1) is 0 Å². The lowest BCUT2D eigenvalue weighted by atomic mass is 10.4. The minimum Gasteiger partial charge on any atom is -0.379 e. The molecule has 0 N–H and O–H groups in total. The predicted molar refractivity (Wildman–Crippen MR) is 63.8 cm³/mol. The molecule has 0 saturated carbocycles. The molecule has 1 aromatic rings. The number of hydrogen-bond acceptors (Lipinski definition) is 4. The van der Waals surface area contributed by atoms with Gasteiger partial charge in [0.15, 0.2) is 4.77 Å². The van der Waals surface area contributed by atoms with Gasteiger partial charge in [0.25, 0.3) is 0 Å². The molecule has 0 unspecified atom stereocenters. The first kappa shape index (κ1) is 11.8. The molecule has 0 spiro atoms. The monoisotopic (exact) mass is 242 g/mol. The Kier molecular flexibility index (Phi) is 3.73. The molecule has 1 aliphatic rings. The van der Waals surface area contributed by atoms with Crippen LogP contribution in [-0.2, 0) is 11.4 Å². The maximum atomic E-state index is 5.38. The average molecular weight is 242 g/mol. The molecule has 90 valence electrons. The third kappa shape index (κ3) is 2.50. The van der Waals surface area contributed by atoms with E-state index in [1.807, 2.05) is 15.6 Å². The zero-order chi connectivity index (χ0) is 11.5. The molecule has 1 aliphatic heterocycles. The Labute approximate surface area is 101 Å². The molecule has 1 fully saturated rings. The largest absolute Gasteiger partial charge is 0.379 e. The zero-order valence-corrected chi connectivity index (χ0v) is 10.6. The Balaban J connectivity index is 2.06. The lowest BCUT2D eigenvalue weighted by molar-refractivity contribution is 0.0209. The third-order valence-electron chi connectivity index (χ3n) is 2.75. The first-order valence-electron chi connectivity index (χ1n) is 5.62. The van der Waals surface area contributed by atoms with Gasteiger partial charge in [0.2, 0.25) is 0 Å². The van der Waals surface area contributed by atoms with Gasteiger partial charge in [-0.2, -0.15) is 5.10 Å². The third-order valence-corrected chi connectivity index (χ3v) is 3.17. The molecule has 0 amide bonds. The fraction of sp³-hybridized carbons (Fsp3) is 0.800. The average Bonchev–Trinajstić information content (AvgIpc) is 2.62. The van der Waals surface area contributed by atoms with Crippen LogP contribution in [0.1, 0.15) is 19.9 Å². The highest BCUT2D eigenvalue weighted by Crippen LogP contribution is 2.06. The number of ether oxygens (including phenoxy) is 1. The fourth-order valence-electron chi connectivity index (χ4n) is 1.73. The first-order chi connectivity index (χ1) is 7.68. The van der Waals surface area contributed by atoms with E-state index >= 15 is 0 Å². The van der Waals surface area contributed by atoms with Gasteiger partial charge >= 0.3 is 0 Å². The summed E-state index contributed by atoms with van der Waals surface area (Å²) < 4.78 is 9.99. The van der Waals surface area contributed by atoms with Crippen molar-refractivity contribution >= 4 is 12.2 Å². The lowest BCUT2D eigenvalue weighted by Gasteiger charge is -2.26. The maximum Gasteiger partial charge on any atom is 0.199 e. The molecule has 6 heteroatoms. The highest BCUT2D eigenvalue weighted by atomic mass is 32.1. The molecule has 0 aromatic carbocycles. The summed E-state index contributed by atoms with van der Waals surface area (Å²) in [5, 5.41) is 4.32. The summed E-state index contributed by atoms with van der Waals surface area (Å²) in [5.74, 6) is 0. The zero-order valence-electron chi connectivity index (χ0n) is 9.80. The van der Waals surface area contributed by atoms with Gasteiger partial charge in [-0.05, 0) is 26.1 Å². The molecule has 2 heterocycles. The molecule has 0 aliphatic carbocycles. The second-order valence-electron chi connectivity index (χ2n) is 4.29. The Morgan fingerprint density at radius 3 is 2.69 bits per heavy atom. The number of aromatic nitrogens is 3. The van der Waals surface area contributed by atoms with Gasteiger partial charge in [-0.25, -0.2) is 4.68 Å². The van der Waals surface area contributed by atoms with Crippen LogP contribution in [0.3, 0.4) is 0 Å². The highest BCUT2D eigenvalue weighted by molar-refractivity contribution is 7.71. The molecule has 2 rings (SSSR count). The van der Waals surface area contributed by atoms with Gasteiger partial charge in [0.1, 0.15) is 6.33 Å². The minimum atomic E-state index is 0.367. The summed E-state index contributed by atoms with van der Waals surface area (Å²) in [6.07, 6.45) is 1.81. The topological polar surface area (TPSA) is 35.2 Å². The normalized spacial score (nSPS) is 18.2. The molecule has 0 atom stereocenters. The van der Waals surface area contributed by atoms with Gasteiger partial charge in [-0.3, -0.25) is 4.90 Å². The summed E-state index contributed by atoms with van der Waals surface area (Å²) >= 11 is 5.38. The smallest absolute Gasteiger partial charge is 0.199 e. The van der Waals surface area contributed by atoms with Gasteiger partial charge in [0.05, 0.1) is 19.9 Å². The van der Waals surface area contributed by atoms with Crippen molar-refractivity contribution in [2.45, 2.75) is 26.6 Å². The molecular formula is C10H18N4OS. The summed E-state index contributed by atoms with van der Waals surface area (Å²) in [6.45, 7) is 8.50. The van der Waals surface area contributed by atoms with Crippen LogP contribution in [0.15, 0.2) is 6.33 Å². The van der Waals surface area contributed by atoms with E-state index in [2.05, 4.69) is 23.8 Å². The van der Waals surface area contributed by atoms with E-state index < -0.39 is 0 Å². The van der Waals surface area contributed by atoms with Crippen LogP contribution in [0.25, 0.3) is 0 Å². The molecular weight excluding hydrogens is 224 g/mol. The van der Waals surface area contributed by atoms with E-state index in [0.717, 1.165) is 37.7 Å². The van der Waals surface area contributed by atoms with Crippen molar-refractivity contribution in [2.24, 2.45) is 0 Å². The Hall–Kier alpha value is -0.720. The van der Waals surface area contributed by atoms with Crippen LogP contribution < -0.4 is 0 Å². The van der Waals surface area contributed by atoms with Crippen LogP contribution in [0.2, 0.25) is 0 Å². The van der Waals surface area contributed by atoms with Crippen LogP contribution in [0.5, 0.6) is 0 Å². The van der Waals surface area contributed by atoms with E-state index in [1.54, 1.807) is 0 Å². The first-order valence-corrected chi connectivity index (χ1v) is 6.03. The molecule has 1 saturated heterocycles. The van der Waals surface area contributed by atoms with Crippen molar-refractivity contribution < 1.29 is 4.74 Å². The van der Waals surface area contributed by atoms with Crippen molar-refractivity contribution in [1.29, 1.82) is 0 Å². The van der Waals surface area contributed by atoms with Gasteiger partial charge in [0, 0.05) is 19.1 Å². The second kappa shape index (κ2) is 5.07. The summed E-state index contributed by atoms with van der Waals surface area (Å²) in [6, 6.07) is 0.367. The van der Waals surface area contributed by atoms with Crippen molar-refractivity contribution in [3.8, 4) is 0 Å². The van der Waals surface area contributed by atoms with Crippen LogP contribution in [-0.4, -0.2) is 45.6 Å². The van der Waals surface area contributed by atoms with E-state index in [0.29, 0.717) is 6.04 Å². The van der Waals surface area contributed by atoms with Crippen LogP contribution in [0.4, 0.5) is 0 Å². The Morgan fingerprint density at radius 1 is 1.44 bits per heavy atom. The van der Waals surface area contributed by atoms with Crippen molar-refractivity contribution in [3.63, 3.8) is 0 Å². The number of morpholine rings is 1. The summed E-state index contributed by atoms with van der Waals surface area (Å²) in [7, 11) is 0. The second-order valence-corrected chi connectivity index (χ2v) is 4.65. The number of nitrogens with zero attached hydrogens (tertiary/aromatic N) is 4. The van der Waals surface area contributed by atoms with E-state index in [-0.39, 0.29) is 0 Å². The number of hydrogen-bond donors (Lipinski definition) is 0. The minimum absolute atomic E-state index is 0.367. The number of rotatable bonds is 3. The summed E-state index contributed by atoms with van der Waals surface area (Å²) in [5.41, 5.74) is 0. The molecule has 0 radical (unpaired) electrons. The fourth-order valence-corrected chi connectivity index (χ4v) is 2.10. The van der Waals surface area contributed by atoms with Crippen molar-refractivity contribution in [3.05, 3.63) is 11.1 Å². The molecule has 1 aromatic heterocycles. The molecule has 5 nitrogen and oxygen atoms in total. The van der Waals surface area contributed by atoms with E-state index in [1.165, 1.54) is 0 Å². The quantitative estimate of drug-likeness (QED) is 0.748. The van der Waals surface area contributed by atoms with Crippen LogP contribution in [0, 0.1) is 4.77 Å². The van der Waals surface area contributed by atoms with E-state index in [4.69, 9.17) is 17.0 Å². The van der Waals surface area contributed by atoms with Crippen LogP contribution >= 0.6 is 12.2 Å². The molecule has 16 heavy (non-hydrogen) atoms. The van der Waals surface area contributed by atoms with E-state index in [9.17, 15) is 0 Å². The SMILES string of the molecule is CC(C)n1cnn(CN2CCOCC2)c1=S. The lowest BCUT2D eigenvalue weighted by Crippen LogP contribution is -2.37. The van der Waals surface area contributed by atoms with Gasteiger partial charge < -0.3 is 9.30 Å². The molecule has 0 bridgehead atoms. The van der Waals surface area contributed by atoms with Crippen molar-refractivity contribution in [2.75, 3.05) is 26.3 Å². The Bertz CT molecular complexity index is 392. The standard InChI is InChI=1S/C10H18N4OS/c1-9(2)13-7-11-14(10(13)16)8-12-3-5-15-6-4-12/h7,9H,3-6,8H2,1-2H3. The van der Waals surface area contributed by atoms with Crippen molar-refractivity contribution in [1.82, 2.24) is 19.2 Å². The highest BCUT2D eigenvalue weighted by Gasteiger charge is 2.12. The maximum absolute atomic E-state index is 5.38. The predicted octanol–water partition coefficient (Wildman–Crippen LogP) is 1.28. The van der Waals surface area contributed by atoms with Gasteiger partial charge in [-0.1, -0.05) is 0 Å². The Morgan fingerprint density at radius 2 is 2.12 bits per heavy atom.